The van der Waals surface area contributed by atoms with E-state index in [-0.39, 0.29) is 22.5 Å². The molecule has 3 N–H and O–H groups in total. The summed E-state index contributed by atoms with van der Waals surface area (Å²) in [6, 6.07) is 10.4. The van der Waals surface area contributed by atoms with Gasteiger partial charge in [0.25, 0.3) is 15.9 Å². The van der Waals surface area contributed by atoms with Crippen molar-refractivity contribution in [2.24, 2.45) is 11.8 Å². The SMILES string of the molecule is O=C(NS(=O)(=O)c1ccccn1)c1ccc(NC(=O)[C@H]2NCCC2C2CCCCC2)cc1. The van der Waals surface area contributed by atoms with Crippen LogP contribution in [-0.4, -0.2) is 37.8 Å². The molecule has 1 saturated carbocycles. The molecule has 1 aromatic heterocycles. The molecule has 1 aliphatic heterocycles. The number of hydrogen-bond donors (Lipinski definition) is 3. The molecule has 32 heavy (non-hydrogen) atoms. The van der Waals surface area contributed by atoms with Gasteiger partial charge in [-0.2, -0.15) is 8.42 Å². The Bertz CT molecular complexity index is 1050. The number of carbonyl (C=O) groups excluding carboxylic acids is 2. The molecule has 0 bridgehead atoms. The fourth-order valence-electron chi connectivity index (χ4n) is 4.75. The lowest BCUT2D eigenvalue weighted by molar-refractivity contribution is -0.119. The van der Waals surface area contributed by atoms with Crippen molar-refractivity contribution in [2.45, 2.75) is 49.6 Å². The molecule has 170 valence electrons. The largest absolute Gasteiger partial charge is 0.325 e. The first kappa shape index (κ1) is 22.4. The molecule has 0 radical (unpaired) electrons. The Morgan fingerprint density at radius 3 is 2.41 bits per heavy atom. The van der Waals surface area contributed by atoms with Crippen molar-refractivity contribution >= 4 is 27.5 Å². The molecule has 0 spiro atoms. The van der Waals surface area contributed by atoms with Crippen LogP contribution >= 0.6 is 0 Å². The first-order chi connectivity index (χ1) is 15.4. The molecule has 8 nitrogen and oxygen atoms in total. The third-order valence-electron chi connectivity index (χ3n) is 6.36. The third-order valence-corrected chi connectivity index (χ3v) is 7.61. The van der Waals surface area contributed by atoms with E-state index in [4.69, 9.17) is 0 Å². The maximum atomic E-state index is 12.9. The molecule has 2 aliphatic rings. The molecule has 4 rings (SSSR count). The zero-order valence-electron chi connectivity index (χ0n) is 17.8. The number of amides is 2. The summed E-state index contributed by atoms with van der Waals surface area (Å²) in [5.41, 5.74) is 0.733. The predicted molar refractivity (Wildman–Crippen MR) is 120 cm³/mol. The Balaban J connectivity index is 1.37. The first-order valence-electron chi connectivity index (χ1n) is 11.1. The van der Waals surface area contributed by atoms with Gasteiger partial charge in [-0.3, -0.25) is 9.59 Å². The standard InChI is InChI=1S/C23H28N4O4S/c28-22(27-32(30,31)20-8-4-5-14-24-20)17-9-11-18(12-10-17)26-23(29)21-19(13-15-25-21)16-6-2-1-3-7-16/h4-5,8-12,14,16,19,21,25H,1-3,6-7,13,15H2,(H,26,29)(H,27,28)/t19?,21-/m0/s1. The number of rotatable bonds is 6. The van der Waals surface area contributed by atoms with Crippen LogP contribution in [-0.2, 0) is 14.8 Å². The molecule has 2 amide bonds. The van der Waals surface area contributed by atoms with Crippen LogP contribution in [0.4, 0.5) is 5.69 Å². The quantitative estimate of drug-likeness (QED) is 0.615. The summed E-state index contributed by atoms with van der Waals surface area (Å²) in [6.45, 7) is 0.850. The second-order valence-corrected chi connectivity index (χ2v) is 10.1. The van der Waals surface area contributed by atoms with Gasteiger partial charge in [-0.05, 0) is 61.2 Å². The highest BCUT2D eigenvalue weighted by atomic mass is 32.2. The molecule has 1 unspecified atom stereocenters. The van der Waals surface area contributed by atoms with E-state index in [0.717, 1.165) is 13.0 Å². The van der Waals surface area contributed by atoms with Gasteiger partial charge in [0, 0.05) is 17.4 Å². The average Bonchev–Trinajstić information content (AvgIpc) is 3.31. The molecule has 9 heteroatoms. The maximum absolute atomic E-state index is 12.9. The van der Waals surface area contributed by atoms with Crippen LogP contribution in [0.25, 0.3) is 0 Å². The van der Waals surface area contributed by atoms with E-state index in [0.29, 0.717) is 17.5 Å². The average molecular weight is 457 g/mol. The highest BCUT2D eigenvalue weighted by Crippen LogP contribution is 2.36. The molecule has 1 aliphatic carbocycles. The van der Waals surface area contributed by atoms with Gasteiger partial charge in [0.2, 0.25) is 5.91 Å². The summed E-state index contributed by atoms with van der Waals surface area (Å²) < 4.78 is 26.6. The molecular formula is C23H28N4O4S. The molecule has 2 aromatic rings. The lowest BCUT2D eigenvalue weighted by atomic mass is 9.76. The van der Waals surface area contributed by atoms with Crippen molar-refractivity contribution in [2.75, 3.05) is 11.9 Å². The summed E-state index contributed by atoms with van der Waals surface area (Å²) in [5.74, 6) is 0.134. The number of sulfonamides is 1. The lowest BCUT2D eigenvalue weighted by Crippen LogP contribution is -2.42. The maximum Gasteiger partial charge on any atom is 0.281 e. The normalized spacial score (nSPS) is 21.8. The monoisotopic (exact) mass is 456 g/mol. The number of nitrogens with zero attached hydrogens (tertiary/aromatic N) is 1. The number of pyridine rings is 1. The Kier molecular flexibility index (Phi) is 6.86. The molecule has 1 aromatic carbocycles. The Labute approximate surface area is 188 Å². The number of nitrogens with one attached hydrogen (secondary N) is 3. The number of aromatic nitrogens is 1. The molecule has 1 saturated heterocycles. The Hall–Kier alpha value is -2.78. The predicted octanol–water partition coefficient (Wildman–Crippen LogP) is 2.70. The number of benzene rings is 1. The van der Waals surface area contributed by atoms with Crippen molar-refractivity contribution in [1.82, 2.24) is 15.0 Å². The van der Waals surface area contributed by atoms with Gasteiger partial charge in [0.15, 0.2) is 5.03 Å². The fourth-order valence-corrected chi connectivity index (χ4v) is 5.67. The molecular weight excluding hydrogens is 428 g/mol. The topological polar surface area (TPSA) is 117 Å². The number of anilines is 1. The van der Waals surface area contributed by atoms with Gasteiger partial charge in [-0.1, -0.05) is 38.2 Å². The van der Waals surface area contributed by atoms with Crippen LogP contribution in [0.3, 0.4) is 0 Å². The number of hydrogen-bond acceptors (Lipinski definition) is 6. The molecule has 2 atom stereocenters. The van der Waals surface area contributed by atoms with E-state index in [2.05, 4.69) is 15.6 Å². The fraction of sp³-hybridized carbons (Fsp3) is 0.435. The van der Waals surface area contributed by atoms with Gasteiger partial charge in [-0.25, -0.2) is 9.71 Å². The van der Waals surface area contributed by atoms with E-state index in [1.54, 1.807) is 18.2 Å². The Morgan fingerprint density at radius 1 is 0.969 bits per heavy atom. The van der Waals surface area contributed by atoms with Gasteiger partial charge in [-0.15, -0.1) is 0 Å². The van der Waals surface area contributed by atoms with Crippen molar-refractivity contribution in [3.63, 3.8) is 0 Å². The second kappa shape index (κ2) is 9.79. The summed E-state index contributed by atoms with van der Waals surface area (Å²) in [6.07, 6.45) is 8.53. The summed E-state index contributed by atoms with van der Waals surface area (Å²) >= 11 is 0. The Morgan fingerprint density at radius 2 is 1.72 bits per heavy atom. The van der Waals surface area contributed by atoms with Gasteiger partial charge in [0.1, 0.15) is 0 Å². The molecule has 2 heterocycles. The zero-order chi connectivity index (χ0) is 22.6. The van der Waals surface area contributed by atoms with E-state index >= 15 is 0 Å². The van der Waals surface area contributed by atoms with Crippen LogP contribution in [0.2, 0.25) is 0 Å². The van der Waals surface area contributed by atoms with Crippen LogP contribution < -0.4 is 15.4 Å². The van der Waals surface area contributed by atoms with Crippen LogP contribution in [0.5, 0.6) is 0 Å². The summed E-state index contributed by atoms with van der Waals surface area (Å²) in [5, 5.41) is 6.05. The van der Waals surface area contributed by atoms with Crippen molar-refractivity contribution in [3.8, 4) is 0 Å². The van der Waals surface area contributed by atoms with Gasteiger partial charge >= 0.3 is 0 Å². The highest BCUT2D eigenvalue weighted by molar-refractivity contribution is 7.90. The smallest absolute Gasteiger partial charge is 0.281 e. The number of carbonyl (C=O) groups is 2. The van der Waals surface area contributed by atoms with Crippen molar-refractivity contribution < 1.29 is 18.0 Å². The van der Waals surface area contributed by atoms with Crippen LogP contribution in [0, 0.1) is 11.8 Å². The molecule has 2 fully saturated rings. The van der Waals surface area contributed by atoms with Gasteiger partial charge in [0.05, 0.1) is 6.04 Å². The highest BCUT2D eigenvalue weighted by Gasteiger charge is 2.38. The van der Waals surface area contributed by atoms with E-state index in [1.807, 2.05) is 4.72 Å². The van der Waals surface area contributed by atoms with Crippen LogP contribution in [0.15, 0.2) is 53.7 Å². The van der Waals surface area contributed by atoms with E-state index in [1.165, 1.54) is 62.6 Å². The lowest BCUT2D eigenvalue weighted by Gasteiger charge is -2.30. The minimum Gasteiger partial charge on any atom is -0.325 e. The minimum atomic E-state index is -4.05. The second-order valence-electron chi connectivity index (χ2n) is 8.45. The third kappa shape index (κ3) is 5.16. The zero-order valence-corrected chi connectivity index (χ0v) is 18.6. The first-order valence-corrected chi connectivity index (χ1v) is 12.5. The van der Waals surface area contributed by atoms with E-state index in [9.17, 15) is 18.0 Å². The van der Waals surface area contributed by atoms with Gasteiger partial charge < -0.3 is 10.6 Å². The van der Waals surface area contributed by atoms with E-state index < -0.39 is 15.9 Å². The summed E-state index contributed by atoms with van der Waals surface area (Å²) in [4.78, 5) is 29.0. The van der Waals surface area contributed by atoms with Crippen LogP contribution in [0.1, 0.15) is 48.9 Å². The van der Waals surface area contributed by atoms with Crippen molar-refractivity contribution in [3.05, 3.63) is 54.2 Å². The minimum absolute atomic E-state index is 0.0620. The van der Waals surface area contributed by atoms with Crippen molar-refractivity contribution in [1.29, 1.82) is 0 Å². The summed E-state index contributed by atoms with van der Waals surface area (Å²) in [7, 11) is -4.05.